The normalized spacial score (nSPS) is 24.6. The van der Waals surface area contributed by atoms with Gasteiger partial charge in [0.1, 0.15) is 12.4 Å². The first-order valence-electron chi connectivity index (χ1n) is 10.7. The summed E-state index contributed by atoms with van der Waals surface area (Å²) in [6.45, 7) is 5.43. The lowest BCUT2D eigenvalue weighted by Crippen LogP contribution is -2.25. The first-order valence-corrected chi connectivity index (χ1v) is 10.7. The number of rotatable bonds is 15. The van der Waals surface area contributed by atoms with E-state index in [1.807, 2.05) is 12.2 Å². The Kier molecular flexibility index (Phi) is 11.5. The summed E-state index contributed by atoms with van der Waals surface area (Å²) in [5.74, 6) is -0.373. The molecule has 0 bridgehead atoms. The van der Waals surface area contributed by atoms with Crippen LogP contribution in [0.1, 0.15) is 77.6 Å². The minimum atomic E-state index is -0.929. The second kappa shape index (κ2) is 13.0. The van der Waals surface area contributed by atoms with Crippen LogP contribution in [0.2, 0.25) is 0 Å². The van der Waals surface area contributed by atoms with E-state index in [-0.39, 0.29) is 36.4 Å². The fourth-order valence-corrected chi connectivity index (χ4v) is 3.91. The molecule has 0 aromatic rings. The van der Waals surface area contributed by atoms with Crippen molar-refractivity contribution < 1.29 is 24.9 Å². The molecule has 0 aromatic carbocycles. The molecule has 0 saturated heterocycles. The first-order chi connectivity index (χ1) is 13.4. The van der Waals surface area contributed by atoms with Gasteiger partial charge in [0.25, 0.3) is 0 Å². The maximum atomic E-state index is 12.3. The van der Waals surface area contributed by atoms with E-state index >= 15 is 0 Å². The summed E-state index contributed by atoms with van der Waals surface area (Å²) >= 11 is 0. The van der Waals surface area contributed by atoms with Crippen LogP contribution >= 0.6 is 0 Å². The Morgan fingerprint density at radius 2 is 1.96 bits per heavy atom. The quantitative estimate of drug-likeness (QED) is 0.292. The molecule has 1 aliphatic rings. The van der Waals surface area contributed by atoms with Gasteiger partial charge >= 0.3 is 0 Å². The summed E-state index contributed by atoms with van der Waals surface area (Å²) in [6, 6.07) is 0. The average molecular weight is 395 g/mol. The zero-order chi connectivity index (χ0) is 21.0. The van der Waals surface area contributed by atoms with Crippen LogP contribution in [-0.2, 0) is 9.59 Å². The van der Waals surface area contributed by atoms with Crippen molar-refractivity contribution in [3.05, 3.63) is 24.8 Å². The van der Waals surface area contributed by atoms with E-state index in [4.69, 9.17) is 5.11 Å². The van der Waals surface area contributed by atoms with E-state index < -0.39 is 11.7 Å². The number of Topliss-reactive ketones (excluding diaryl/α,β-unsaturated/α-hetero) is 2. The van der Waals surface area contributed by atoms with E-state index in [0.29, 0.717) is 19.3 Å². The summed E-state index contributed by atoms with van der Waals surface area (Å²) < 4.78 is 0. The van der Waals surface area contributed by atoms with Gasteiger partial charge in [0, 0.05) is 24.7 Å². The summed E-state index contributed by atoms with van der Waals surface area (Å²) in [4.78, 5) is 23.3. The molecule has 0 aromatic heterocycles. The Balaban J connectivity index is 2.48. The van der Waals surface area contributed by atoms with Crippen molar-refractivity contribution >= 4 is 11.6 Å². The lowest BCUT2D eigenvalue weighted by Gasteiger charge is -2.23. The zero-order valence-electron chi connectivity index (χ0n) is 17.3. The van der Waals surface area contributed by atoms with E-state index in [1.54, 1.807) is 6.08 Å². The van der Waals surface area contributed by atoms with Gasteiger partial charge in [-0.25, -0.2) is 0 Å². The van der Waals surface area contributed by atoms with Gasteiger partial charge in [-0.05, 0) is 25.7 Å². The van der Waals surface area contributed by atoms with Crippen molar-refractivity contribution in [2.45, 2.75) is 89.3 Å². The number of unbranched alkanes of at least 4 members (excludes halogenated alkanes) is 4. The second-order valence-corrected chi connectivity index (χ2v) is 8.11. The molecule has 0 spiro atoms. The second-order valence-electron chi connectivity index (χ2n) is 8.11. The number of aliphatic hydroxyl groups excluding tert-OH is 2. The number of hydrogen-bond donors (Lipinski definition) is 3. The highest BCUT2D eigenvalue weighted by atomic mass is 16.3. The Hall–Kier alpha value is -1.30. The first kappa shape index (κ1) is 24.7. The van der Waals surface area contributed by atoms with Crippen LogP contribution in [-0.4, -0.2) is 45.2 Å². The van der Waals surface area contributed by atoms with Gasteiger partial charge in [-0.1, -0.05) is 57.3 Å². The highest BCUT2D eigenvalue weighted by Crippen LogP contribution is 2.35. The highest BCUT2D eigenvalue weighted by molar-refractivity contribution is 5.84. The molecule has 0 heterocycles. The maximum absolute atomic E-state index is 12.3. The van der Waals surface area contributed by atoms with Gasteiger partial charge in [-0.2, -0.15) is 0 Å². The standard InChI is InChI=1S/C23H38O5/c1-3-5-14-23(28,4-2)15-10-13-20-19(21(26)16-22(20)27)12-9-7-6-8-11-18(25)17-24/h4,10,13,19-20,22,24,27-28H,2-3,5-9,11-12,14-17H2,1H3/t19-,20-,22-,23-/m1/s1. The molecule has 160 valence electrons. The molecule has 1 saturated carbocycles. The van der Waals surface area contributed by atoms with E-state index in [1.165, 1.54) is 0 Å². The molecule has 0 radical (unpaired) electrons. The van der Waals surface area contributed by atoms with Gasteiger partial charge in [-0.15, -0.1) is 6.58 Å². The summed E-state index contributed by atoms with van der Waals surface area (Å²) in [6.07, 6.45) is 12.6. The Labute approximate surface area is 169 Å². The van der Waals surface area contributed by atoms with Crippen LogP contribution in [0, 0.1) is 11.8 Å². The Morgan fingerprint density at radius 3 is 2.61 bits per heavy atom. The van der Waals surface area contributed by atoms with Gasteiger partial charge in [0.2, 0.25) is 0 Å². The SMILES string of the molecule is C=C[C@](O)(CC=C[C@H]1[C@H](O)CC(=O)[C@@H]1CCCCCCC(=O)CO)CCCC. The third-order valence-corrected chi connectivity index (χ3v) is 5.80. The van der Waals surface area contributed by atoms with Crippen molar-refractivity contribution in [1.82, 2.24) is 0 Å². The number of ketones is 2. The number of carbonyl (C=O) groups excluding carboxylic acids is 2. The third kappa shape index (κ3) is 8.38. The predicted molar refractivity (Wildman–Crippen MR) is 111 cm³/mol. The predicted octanol–water partition coefficient (Wildman–Crippen LogP) is 3.51. The van der Waals surface area contributed by atoms with Crippen molar-refractivity contribution in [1.29, 1.82) is 0 Å². The summed E-state index contributed by atoms with van der Waals surface area (Å²) in [7, 11) is 0. The van der Waals surface area contributed by atoms with E-state index in [2.05, 4.69) is 13.5 Å². The van der Waals surface area contributed by atoms with Crippen LogP contribution in [0.3, 0.4) is 0 Å². The monoisotopic (exact) mass is 394 g/mol. The lowest BCUT2D eigenvalue weighted by molar-refractivity contribution is -0.122. The van der Waals surface area contributed by atoms with E-state index in [0.717, 1.165) is 44.9 Å². The number of aliphatic hydroxyl groups is 3. The smallest absolute Gasteiger partial charge is 0.158 e. The molecule has 1 rings (SSSR count). The maximum Gasteiger partial charge on any atom is 0.158 e. The minimum absolute atomic E-state index is 0.113. The average Bonchev–Trinajstić information content (AvgIpc) is 2.95. The zero-order valence-corrected chi connectivity index (χ0v) is 17.3. The molecule has 0 amide bonds. The molecule has 5 heteroatoms. The molecule has 3 N–H and O–H groups in total. The molecule has 0 unspecified atom stereocenters. The molecule has 5 nitrogen and oxygen atoms in total. The molecular weight excluding hydrogens is 356 g/mol. The fourth-order valence-electron chi connectivity index (χ4n) is 3.91. The van der Waals surface area contributed by atoms with Gasteiger partial charge < -0.3 is 15.3 Å². The molecular formula is C23H38O5. The third-order valence-electron chi connectivity index (χ3n) is 5.80. The van der Waals surface area contributed by atoms with Gasteiger partial charge in [0.15, 0.2) is 5.78 Å². The topological polar surface area (TPSA) is 94.8 Å². The molecule has 1 fully saturated rings. The number of carbonyl (C=O) groups is 2. The molecule has 0 aliphatic heterocycles. The molecule has 1 aliphatic carbocycles. The van der Waals surface area contributed by atoms with Crippen LogP contribution in [0.15, 0.2) is 24.8 Å². The van der Waals surface area contributed by atoms with Gasteiger partial charge in [0.05, 0.1) is 11.7 Å². The summed E-state index contributed by atoms with van der Waals surface area (Å²) in [5.41, 5.74) is -0.929. The van der Waals surface area contributed by atoms with Crippen LogP contribution in [0.4, 0.5) is 0 Å². The Morgan fingerprint density at radius 1 is 1.25 bits per heavy atom. The fraction of sp³-hybridized carbons (Fsp3) is 0.739. The van der Waals surface area contributed by atoms with Crippen molar-refractivity contribution in [3.8, 4) is 0 Å². The summed E-state index contributed by atoms with van der Waals surface area (Å²) in [5, 5.41) is 29.5. The van der Waals surface area contributed by atoms with Crippen molar-refractivity contribution in [2.24, 2.45) is 11.8 Å². The molecule has 4 atom stereocenters. The number of hydrogen-bond acceptors (Lipinski definition) is 5. The Bertz CT molecular complexity index is 527. The van der Waals surface area contributed by atoms with Crippen LogP contribution in [0.25, 0.3) is 0 Å². The highest BCUT2D eigenvalue weighted by Gasteiger charge is 2.39. The lowest BCUT2D eigenvalue weighted by atomic mass is 9.87. The van der Waals surface area contributed by atoms with Gasteiger partial charge in [-0.3, -0.25) is 9.59 Å². The largest absolute Gasteiger partial charge is 0.392 e. The van der Waals surface area contributed by atoms with Crippen molar-refractivity contribution in [2.75, 3.05) is 6.61 Å². The van der Waals surface area contributed by atoms with Crippen molar-refractivity contribution in [3.63, 3.8) is 0 Å². The van der Waals surface area contributed by atoms with Crippen LogP contribution in [0.5, 0.6) is 0 Å². The van der Waals surface area contributed by atoms with E-state index in [9.17, 15) is 19.8 Å². The van der Waals surface area contributed by atoms with Crippen LogP contribution < -0.4 is 0 Å². The minimum Gasteiger partial charge on any atom is -0.392 e. The molecule has 28 heavy (non-hydrogen) atoms.